The van der Waals surface area contributed by atoms with Gasteiger partial charge in [0.1, 0.15) is 11.3 Å². The van der Waals surface area contributed by atoms with E-state index in [2.05, 4.69) is 31.2 Å². The maximum atomic E-state index is 11.6. The third-order valence-electron chi connectivity index (χ3n) is 2.10. The summed E-state index contributed by atoms with van der Waals surface area (Å²) in [5.74, 6) is 0. The van der Waals surface area contributed by atoms with Crippen molar-refractivity contribution in [2.45, 2.75) is 26.4 Å². The molecule has 0 fully saturated rings. The number of anilines is 1. The van der Waals surface area contributed by atoms with Crippen LogP contribution in [0.15, 0.2) is 28.2 Å². The van der Waals surface area contributed by atoms with Gasteiger partial charge < -0.3 is 4.74 Å². The molecule has 0 spiro atoms. The molecule has 20 heavy (non-hydrogen) atoms. The summed E-state index contributed by atoms with van der Waals surface area (Å²) in [7, 11) is 0. The van der Waals surface area contributed by atoms with Gasteiger partial charge in [-0.15, -0.1) is 11.3 Å². The Balaban J connectivity index is 2.06. The van der Waals surface area contributed by atoms with Crippen LogP contribution in [-0.2, 0) is 4.74 Å². The first-order valence-corrected chi connectivity index (χ1v) is 7.58. The van der Waals surface area contributed by atoms with Gasteiger partial charge in [0, 0.05) is 16.0 Å². The van der Waals surface area contributed by atoms with E-state index >= 15 is 0 Å². The van der Waals surface area contributed by atoms with Crippen LogP contribution in [0.1, 0.15) is 20.8 Å². The van der Waals surface area contributed by atoms with E-state index < -0.39 is 11.7 Å². The Bertz CT molecular complexity index is 605. The van der Waals surface area contributed by atoms with Crippen LogP contribution in [0, 0.1) is 0 Å². The highest BCUT2D eigenvalue weighted by Crippen LogP contribution is 2.24. The molecular formula is C13H14BrN3O2S. The highest BCUT2D eigenvalue weighted by Gasteiger charge is 2.17. The fraction of sp³-hybridized carbons (Fsp3) is 0.308. The lowest BCUT2D eigenvalue weighted by Crippen LogP contribution is -2.27. The molecule has 1 N–H and O–H groups in total. The number of carbonyl (C=O) groups excluding carboxylic acids is 1. The molecule has 2 aromatic heterocycles. The second-order valence-electron chi connectivity index (χ2n) is 5.03. The van der Waals surface area contributed by atoms with Gasteiger partial charge in [-0.3, -0.25) is 10.3 Å². The Labute approximate surface area is 129 Å². The fourth-order valence-corrected chi connectivity index (χ4v) is 2.29. The summed E-state index contributed by atoms with van der Waals surface area (Å²) in [6.45, 7) is 5.43. The molecule has 0 radical (unpaired) electrons. The average molecular weight is 356 g/mol. The molecule has 0 unspecified atom stereocenters. The number of thiazole rings is 1. The number of hydrogen-bond donors (Lipinski definition) is 1. The first-order chi connectivity index (χ1) is 9.33. The lowest BCUT2D eigenvalue weighted by molar-refractivity contribution is 0.0636. The number of hydrogen-bond acceptors (Lipinski definition) is 5. The molecule has 2 heterocycles. The third kappa shape index (κ3) is 4.28. The highest BCUT2D eigenvalue weighted by molar-refractivity contribution is 9.10. The number of carbonyl (C=O) groups is 1. The number of ether oxygens (including phenoxy) is 1. The molecule has 106 valence electrons. The summed E-state index contributed by atoms with van der Waals surface area (Å²) in [5, 5.41) is 4.93. The van der Waals surface area contributed by atoms with Gasteiger partial charge in [0.25, 0.3) is 0 Å². The molecule has 0 aliphatic carbocycles. The lowest BCUT2D eigenvalue weighted by Gasteiger charge is -2.18. The van der Waals surface area contributed by atoms with Crippen molar-refractivity contribution < 1.29 is 9.53 Å². The molecular weight excluding hydrogens is 342 g/mol. The van der Waals surface area contributed by atoms with E-state index in [0.29, 0.717) is 10.8 Å². The molecule has 2 rings (SSSR count). The van der Waals surface area contributed by atoms with E-state index in [0.717, 1.165) is 10.2 Å². The minimum absolute atomic E-state index is 0.485. The minimum atomic E-state index is -0.530. The molecule has 0 bridgehead atoms. The van der Waals surface area contributed by atoms with E-state index in [4.69, 9.17) is 4.74 Å². The Morgan fingerprint density at radius 3 is 2.70 bits per heavy atom. The number of rotatable bonds is 2. The van der Waals surface area contributed by atoms with Crippen molar-refractivity contribution in [1.29, 1.82) is 0 Å². The standard InChI is InChI=1S/C13H14BrN3O2S/c1-13(2,3)19-12(18)17-11-16-10(7-20-11)9-5-4-8(14)6-15-9/h4-7H,1-3H3,(H,16,17,18). The number of aromatic nitrogens is 2. The minimum Gasteiger partial charge on any atom is -0.444 e. The van der Waals surface area contributed by atoms with Crippen LogP contribution in [-0.4, -0.2) is 21.7 Å². The van der Waals surface area contributed by atoms with Crippen LogP contribution in [0.25, 0.3) is 11.4 Å². The number of nitrogens with one attached hydrogen (secondary N) is 1. The predicted molar refractivity (Wildman–Crippen MR) is 82.9 cm³/mol. The van der Waals surface area contributed by atoms with Crippen LogP contribution < -0.4 is 5.32 Å². The molecule has 5 nitrogen and oxygen atoms in total. The summed E-state index contributed by atoms with van der Waals surface area (Å²) < 4.78 is 6.07. The van der Waals surface area contributed by atoms with Gasteiger partial charge in [0.2, 0.25) is 0 Å². The van der Waals surface area contributed by atoms with Crippen molar-refractivity contribution >= 4 is 38.5 Å². The Morgan fingerprint density at radius 2 is 2.10 bits per heavy atom. The number of amides is 1. The molecule has 7 heteroatoms. The summed E-state index contributed by atoms with van der Waals surface area (Å²) >= 11 is 4.66. The van der Waals surface area contributed by atoms with Gasteiger partial charge in [-0.1, -0.05) is 0 Å². The Morgan fingerprint density at radius 1 is 1.35 bits per heavy atom. The zero-order valence-corrected chi connectivity index (χ0v) is 13.7. The summed E-state index contributed by atoms with van der Waals surface area (Å²) in [6, 6.07) is 3.75. The zero-order chi connectivity index (χ0) is 14.8. The predicted octanol–water partition coefficient (Wildman–Crippen LogP) is 4.31. The topological polar surface area (TPSA) is 64.1 Å². The molecule has 0 aromatic carbocycles. The Kier molecular flexibility index (Phi) is 4.39. The normalized spacial score (nSPS) is 11.2. The Hall–Kier alpha value is -1.47. The summed E-state index contributed by atoms with van der Waals surface area (Å²) in [6.07, 6.45) is 1.19. The molecule has 0 aliphatic rings. The largest absolute Gasteiger partial charge is 0.444 e. The van der Waals surface area contributed by atoms with Gasteiger partial charge >= 0.3 is 6.09 Å². The van der Waals surface area contributed by atoms with Gasteiger partial charge in [-0.05, 0) is 48.8 Å². The van der Waals surface area contributed by atoms with Crippen molar-refractivity contribution in [2.24, 2.45) is 0 Å². The SMILES string of the molecule is CC(C)(C)OC(=O)Nc1nc(-c2ccc(Br)cn2)cs1. The zero-order valence-electron chi connectivity index (χ0n) is 11.3. The van der Waals surface area contributed by atoms with E-state index in [1.54, 1.807) is 6.20 Å². The van der Waals surface area contributed by atoms with E-state index in [1.165, 1.54) is 11.3 Å². The van der Waals surface area contributed by atoms with Crippen molar-refractivity contribution in [1.82, 2.24) is 9.97 Å². The smallest absolute Gasteiger partial charge is 0.413 e. The molecule has 0 atom stereocenters. The van der Waals surface area contributed by atoms with Gasteiger partial charge in [0.05, 0.1) is 5.69 Å². The number of pyridine rings is 1. The monoisotopic (exact) mass is 355 g/mol. The highest BCUT2D eigenvalue weighted by atomic mass is 79.9. The van der Waals surface area contributed by atoms with Crippen molar-refractivity contribution in [3.63, 3.8) is 0 Å². The van der Waals surface area contributed by atoms with Gasteiger partial charge in [0.15, 0.2) is 5.13 Å². The van der Waals surface area contributed by atoms with Gasteiger partial charge in [-0.25, -0.2) is 9.78 Å². The average Bonchev–Trinajstić information content (AvgIpc) is 2.75. The second-order valence-corrected chi connectivity index (χ2v) is 6.80. The maximum absolute atomic E-state index is 11.6. The third-order valence-corrected chi connectivity index (χ3v) is 3.33. The van der Waals surface area contributed by atoms with Crippen molar-refractivity contribution in [3.8, 4) is 11.4 Å². The molecule has 1 amide bonds. The van der Waals surface area contributed by atoms with E-state index in [-0.39, 0.29) is 0 Å². The van der Waals surface area contributed by atoms with Crippen LogP contribution >= 0.6 is 27.3 Å². The first kappa shape index (κ1) is 14.9. The quantitative estimate of drug-likeness (QED) is 0.871. The van der Waals surface area contributed by atoms with Crippen molar-refractivity contribution in [2.75, 3.05) is 5.32 Å². The molecule has 0 saturated carbocycles. The molecule has 0 saturated heterocycles. The summed E-state index contributed by atoms with van der Waals surface area (Å²) in [5.41, 5.74) is 0.937. The molecule has 2 aromatic rings. The number of halogens is 1. The summed E-state index contributed by atoms with van der Waals surface area (Å²) in [4.78, 5) is 20.2. The lowest BCUT2D eigenvalue weighted by atomic mass is 10.2. The number of nitrogens with zero attached hydrogens (tertiary/aromatic N) is 2. The van der Waals surface area contributed by atoms with E-state index in [1.807, 2.05) is 38.3 Å². The maximum Gasteiger partial charge on any atom is 0.413 e. The first-order valence-electron chi connectivity index (χ1n) is 5.91. The molecule has 0 aliphatic heterocycles. The van der Waals surface area contributed by atoms with E-state index in [9.17, 15) is 4.79 Å². The second kappa shape index (κ2) is 5.88. The van der Waals surface area contributed by atoms with Crippen LogP contribution in [0.2, 0.25) is 0 Å². The van der Waals surface area contributed by atoms with Crippen LogP contribution in [0.4, 0.5) is 9.93 Å². The van der Waals surface area contributed by atoms with Crippen LogP contribution in [0.5, 0.6) is 0 Å². The van der Waals surface area contributed by atoms with Crippen LogP contribution in [0.3, 0.4) is 0 Å². The van der Waals surface area contributed by atoms with Gasteiger partial charge in [-0.2, -0.15) is 0 Å². The fourth-order valence-electron chi connectivity index (χ4n) is 1.37. The van der Waals surface area contributed by atoms with Crippen molar-refractivity contribution in [3.05, 3.63) is 28.2 Å².